The van der Waals surface area contributed by atoms with E-state index in [1.165, 1.54) is 0 Å². The predicted molar refractivity (Wildman–Crippen MR) is 28.1 cm³/mol. The van der Waals surface area contributed by atoms with E-state index < -0.39 is 27.9 Å². The quantitative estimate of drug-likeness (QED) is 0.179. The third-order valence-electron chi connectivity index (χ3n) is 0.823. The summed E-state index contributed by atoms with van der Waals surface area (Å²) in [7, 11) is 0. The van der Waals surface area contributed by atoms with Crippen molar-refractivity contribution in [3.05, 3.63) is 11.0 Å². The van der Waals surface area contributed by atoms with Gasteiger partial charge in [0, 0.05) is 6.08 Å². The molecule has 7 heteroatoms. The molecule has 1 atom stereocenters. The first-order chi connectivity index (χ1) is 4.61. The number of rotatable bonds is 1. The Morgan fingerprint density at radius 1 is 1.45 bits per heavy atom. The van der Waals surface area contributed by atoms with Gasteiger partial charge in [0.25, 0.3) is 0 Å². The molecule has 0 bridgehead atoms. The molecule has 0 spiro atoms. The van der Waals surface area contributed by atoms with Gasteiger partial charge < -0.3 is 9.29 Å². The second-order valence-corrected chi connectivity index (χ2v) is 2.36. The summed E-state index contributed by atoms with van der Waals surface area (Å²) in [6.07, 6.45) is 0.630. The zero-order valence-corrected chi connectivity index (χ0v) is 8.34. The predicted octanol–water partition coefficient (Wildman–Crippen LogP) is -4.16. The van der Waals surface area contributed by atoms with Crippen molar-refractivity contribution in [2.45, 2.75) is 0 Å². The molecule has 0 aromatic heterocycles. The second-order valence-electron chi connectivity index (χ2n) is 1.45. The maximum atomic E-state index is 10.3. The van der Waals surface area contributed by atoms with E-state index in [1.54, 1.807) is 0 Å². The average Bonchev–Trinajstić information content (AvgIpc) is 2.10. The van der Waals surface area contributed by atoms with Gasteiger partial charge in [0.2, 0.25) is 0 Å². The fourth-order valence-electron chi connectivity index (χ4n) is 0.453. The van der Waals surface area contributed by atoms with Crippen LogP contribution in [0, 0.1) is 0 Å². The van der Waals surface area contributed by atoms with Crippen molar-refractivity contribution < 1.29 is 52.6 Å². The van der Waals surface area contributed by atoms with E-state index in [0.29, 0.717) is 6.08 Å². The fraction of sp³-hybridized carbons (Fsp3) is 0. The number of esters is 2. The van der Waals surface area contributed by atoms with Crippen molar-refractivity contribution in [2.75, 3.05) is 0 Å². The normalized spacial score (nSPS) is 18.5. The van der Waals surface area contributed by atoms with Gasteiger partial charge in [-0.15, -0.1) is 0 Å². The van der Waals surface area contributed by atoms with E-state index in [1.807, 2.05) is 0 Å². The van der Waals surface area contributed by atoms with Crippen molar-refractivity contribution in [1.29, 1.82) is 0 Å². The summed E-state index contributed by atoms with van der Waals surface area (Å²) in [5, 5.41) is 0. The van der Waals surface area contributed by atoms with E-state index in [4.69, 9.17) is 0 Å². The van der Waals surface area contributed by atoms with Crippen LogP contribution in [0.5, 0.6) is 0 Å². The number of hydrogen-bond donors (Lipinski definition) is 0. The molecule has 1 aliphatic rings. The van der Waals surface area contributed by atoms with Crippen LogP contribution in [0.4, 0.5) is 0 Å². The maximum Gasteiger partial charge on any atom is 1.00 e. The molecule has 5 nitrogen and oxygen atoms in total. The Labute approximate surface area is 86.4 Å². The summed E-state index contributed by atoms with van der Waals surface area (Å²) in [6.45, 7) is 0. The summed E-state index contributed by atoms with van der Waals surface area (Å²) in [4.78, 5) is 19.9. The van der Waals surface area contributed by atoms with E-state index in [-0.39, 0.29) is 29.6 Å². The summed E-state index contributed by atoms with van der Waals surface area (Å²) < 4.78 is 23.9. The molecule has 0 fully saturated rings. The molecule has 11 heavy (non-hydrogen) atoms. The van der Waals surface area contributed by atoms with Gasteiger partial charge in [0.1, 0.15) is 4.91 Å². The Balaban J connectivity index is 0.000001000. The Morgan fingerprint density at radius 3 is 2.18 bits per heavy atom. The van der Waals surface area contributed by atoms with Gasteiger partial charge in [-0.05, 0) is 11.1 Å². The Kier molecular flexibility index (Phi) is 4.12. The minimum Gasteiger partial charge on any atom is -0.768 e. The molecule has 0 aliphatic carbocycles. The SMILES string of the molecule is O=C1C=C(S(=O)[O-])C(=O)O1.[Na+]. The molecule has 0 radical (unpaired) electrons. The van der Waals surface area contributed by atoms with Gasteiger partial charge in [0.05, 0.1) is 0 Å². The molecule has 0 saturated carbocycles. The first-order valence-corrected chi connectivity index (χ1v) is 3.26. The van der Waals surface area contributed by atoms with Gasteiger partial charge in [-0.3, -0.25) is 4.21 Å². The first kappa shape index (κ1) is 11.0. The molecule has 1 heterocycles. The van der Waals surface area contributed by atoms with Crippen LogP contribution >= 0.6 is 0 Å². The molecule has 1 rings (SSSR count). The Bertz CT molecular complexity index is 257. The molecule has 1 unspecified atom stereocenters. The van der Waals surface area contributed by atoms with Crippen LogP contribution in [0.2, 0.25) is 0 Å². The first-order valence-electron chi connectivity index (χ1n) is 2.18. The molecular weight excluding hydrogens is 183 g/mol. The van der Waals surface area contributed by atoms with Crippen LogP contribution in [0.3, 0.4) is 0 Å². The summed E-state index contributed by atoms with van der Waals surface area (Å²) in [6, 6.07) is 0. The minimum absolute atomic E-state index is 0. The summed E-state index contributed by atoms with van der Waals surface area (Å²) in [5.41, 5.74) is 0. The molecule has 0 aromatic carbocycles. The number of carbonyl (C=O) groups excluding carboxylic acids is 2. The van der Waals surface area contributed by atoms with Crippen molar-refractivity contribution in [3.8, 4) is 0 Å². The van der Waals surface area contributed by atoms with Crippen LogP contribution in [0.1, 0.15) is 0 Å². The molecule has 0 saturated heterocycles. The molecule has 0 aromatic rings. The third kappa shape index (κ3) is 2.49. The standard InChI is InChI=1S/C4H2O5S.Na/c5-3-1-2(10(7)8)4(6)9-3;/h1H,(H,7,8);/q;+1/p-1. The van der Waals surface area contributed by atoms with Crippen LogP contribution < -0.4 is 29.6 Å². The Morgan fingerprint density at radius 2 is 2.00 bits per heavy atom. The molecular formula is C4HNaO5S. The fourth-order valence-corrected chi connectivity index (χ4v) is 0.823. The average molecular weight is 184 g/mol. The second kappa shape index (κ2) is 4.13. The molecule has 54 valence electrons. The van der Waals surface area contributed by atoms with Crippen molar-refractivity contribution >= 4 is 23.0 Å². The largest absolute Gasteiger partial charge is 1.00 e. The van der Waals surface area contributed by atoms with Crippen LogP contribution in [-0.4, -0.2) is 20.7 Å². The van der Waals surface area contributed by atoms with Gasteiger partial charge in [-0.1, -0.05) is 0 Å². The topological polar surface area (TPSA) is 83.5 Å². The molecule has 0 amide bonds. The van der Waals surface area contributed by atoms with Crippen molar-refractivity contribution in [3.63, 3.8) is 0 Å². The third-order valence-corrected chi connectivity index (χ3v) is 1.47. The molecule has 1 aliphatic heterocycles. The number of ether oxygens (including phenoxy) is 1. The van der Waals surface area contributed by atoms with Gasteiger partial charge in [-0.2, -0.15) is 0 Å². The zero-order chi connectivity index (χ0) is 7.72. The summed E-state index contributed by atoms with van der Waals surface area (Å²) >= 11 is -2.68. The van der Waals surface area contributed by atoms with E-state index in [2.05, 4.69) is 4.74 Å². The Hall–Kier alpha value is -0.0100. The zero-order valence-electron chi connectivity index (χ0n) is 5.53. The van der Waals surface area contributed by atoms with Crippen LogP contribution in [0.15, 0.2) is 11.0 Å². The summed E-state index contributed by atoms with van der Waals surface area (Å²) in [5.74, 6) is -2.05. The minimum atomic E-state index is -2.68. The number of carbonyl (C=O) groups is 2. The van der Waals surface area contributed by atoms with E-state index in [0.717, 1.165) is 0 Å². The van der Waals surface area contributed by atoms with Gasteiger partial charge >= 0.3 is 41.5 Å². The van der Waals surface area contributed by atoms with Crippen molar-refractivity contribution in [1.82, 2.24) is 0 Å². The van der Waals surface area contributed by atoms with Crippen LogP contribution in [-0.2, 0) is 25.4 Å². The van der Waals surface area contributed by atoms with E-state index in [9.17, 15) is 18.4 Å². The van der Waals surface area contributed by atoms with Gasteiger partial charge in [0.15, 0.2) is 0 Å². The van der Waals surface area contributed by atoms with Gasteiger partial charge in [-0.25, -0.2) is 9.59 Å². The van der Waals surface area contributed by atoms with Crippen LogP contribution in [0.25, 0.3) is 0 Å². The maximum absolute atomic E-state index is 10.3. The number of cyclic esters (lactones) is 2. The number of hydrogen-bond acceptors (Lipinski definition) is 5. The molecule has 0 N–H and O–H groups in total. The smallest absolute Gasteiger partial charge is 0.768 e. The van der Waals surface area contributed by atoms with Crippen molar-refractivity contribution in [2.24, 2.45) is 0 Å². The van der Waals surface area contributed by atoms with E-state index >= 15 is 0 Å². The monoisotopic (exact) mass is 184 g/mol.